The fraction of sp³-hybridized carbons (Fsp3) is 0. The topological polar surface area (TPSA) is 72.7 Å². The van der Waals surface area contributed by atoms with Gasteiger partial charge < -0.3 is 10.1 Å². The number of phenolic OH excluding ortho intramolecular Hbond substituents is 1. The smallest absolute Gasteiger partial charge is 0.149 e. The molecule has 0 saturated carbocycles. The highest BCUT2D eigenvalue weighted by Gasteiger charge is 2.11. The molecule has 0 bridgehead atoms. The van der Waals surface area contributed by atoms with Crippen LogP contribution in [0.2, 0.25) is 0 Å². The predicted octanol–water partition coefficient (Wildman–Crippen LogP) is 4.49. The van der Waals surface area contributed by atoms with Crippen molar-refractivity contribution in [3.8, 4) is 11.8 Å². The van der Waals surface area contributed by atoms with E-state index in [1.165, 1.54) is 0 Å². The number of aromatic hydroxyl groups is 1. The van der Waals surface area contributed by atoms with Gasteiger partial charge in [-0.15, -0.1) is 0 Å². The van der Waals surface area contributed by atoms with Gasteiger partial charge in [-0.25, -0.2) is 4.98 Å². The van der Waals surface area contributed by atoms with Crippen molar-refractivity contribution < 1.29 is 5.11 Å². The Bertz CT molecular complexity index is 1100. The molecule has 114 valence electrons. The van der Waals surface area contributed by atoms with Gasteiger partial charge in [-0.05, 0) is 35.0 Å². The molecular formula is C20H13N3O. The van der Waals surface area contributed by atoms with Crippen LogP contribution in [0.5, 0.6) is 5.75 Å². The van der Waals surface area contributed by atoms with Crippen molar-refractivity contribution in [2.75, 3.05) is 0 Å². The van der Waals surface area contributed by atoms with Crippen molar-refractivity contribution in [2.24, 2.45) is 0 Å². The summed E-state index contributed by atoms with van der Waals surface area (Å²) in [5.41, 5.74) is 2.66. The zero-order valence-corrected chi connectivity index (χ0v) is 12.7. The fourth-order valence-corrected chi connectivity index (χ4v) is 2.81. The lowest BCUT2D eigenvalue weighted by molar-refractivity contribution is 0.475. The quantitative estimate of drug-likeness (QED) is 0.536. The molecule has 4 aromatic rings. The van der Waals surface area contributed by atoms with E-state index in [9.17, 15) is 10.4 Å². The molecule has 0 radical (unpaired) electrons. The summed E-state index contributed by atoms with van der Waals surface area (Å²) >= 11 is 0. The van der Waals surface area contributed by atoms with Crippen molar-refractivity contribution in [3.05, 3.63) is 72.1 Å². The van der Waals surface area contributed by atoms with E-state index in [-0.39, 0.29) is 5.75 Å². The van der Waals surface area contributed by atoms with Crippen LogP contribution in [0, 0.1) is 11.3 Å². The van der Waals surface area contributed by atoms with Crippen molar-refractivity contribution >= 4 is 33.5 Å². The van der Waals surface area contributed by atoms with Gasteiger partial charge in [0.2, 0.25) is 0 Å². The van der Waals surface area contributed by atoms with Gasteiger partial charge >= 0.3 is 0 Å². The number of aromatic amines is 1. The molecule has 2 N–H and O–H groups in total. The molecule has 3 aromatic carbocycles. The minimum Gasteiger partial charge on any atom is -0.507 e. The van der Waals surface area contributed by atoms with E-state index in [1.807, 2.05) is 54.6 Å². The lowest BCUT2D eigenvalue weighted by Crippen LogP contribution is -1.87. The Morgan fingerprint density at radius 2 is 1.83 bits per heavy atom. The summed E-state index contributed by atoms with van der Waals surface area (Å²) in [5, 5.41) is 21.7. The van der Waals surface area contributed by atoms with Crippen molar-refractivity contribution in [1.29, 1.82) is 5.26 Å². The van der Waals surface area contributed by atoms with Gasteiger partial charge in [0.15, 0.2) is 0 Å². The zero-order chi connectivity index (χ0) is 16.5. The number of nitriles is 1. The second-order valence-corrected chi connectivity index (χ2v) is 5.49. The number of nitrogens with zero attached hydrogens (tertiary/aromatic N) is 2. The monoisotopic (exact) mass is 311 g/mol. The number of benzene rings is 3. The second kappa shape index (κ2) is 5.56. The Morgan fingerprint density at radius 3 is 2.67 bits per heavy atom. The van der Waals surface area contributed by atoms with Crippen LogP contribution in [0.4, 0.5) is 0 Å². The zero-order valence-electron chi connectivity index (χ0n) is 12.7. The SMILES string of the molecule is N#C/C(=C\c1c(O)ccc2ccccc12)c1nc2ccccc2[nH]1. The summed E-state index contributed by atoms with van der Waals surface area (Å²) in [6.45, 7) is 0. The molecule has 0 saturated heterocycles. The predicted molar refractivity (Wildman–Crippen MR) is 95.2 cm³/mol. The Labute approximate surface area is 138 Å². The van der Waals surface area contributed by atoms with Crippen molar-refractivity contribution in [2.45, 2.75) is 0 Å². The molecule has 4 rings (SSSR count). The minimum atomic E-state index is 0.137. The summed E-state index contributed by atoms with van der Waals surface area (Å²) in [7, 11) is 0. The third-order valence-electron chi connectivity index (χ3n) is 4.00. The molecule has 0 aliphatic rings. The number of para-hydroxylation sites is 2. The van der Waals surface area contributed by atoms with E-state index in [1.54, 1.807) is 12.1 Å². The average Bonchev–Trinajstić information content (AvgIpc) is 3.05. The number of allylic oxidation sites excluding steroid dienone is 1. The van der Waals surface area contributed by atoms with Crippen LogP contribution in [0.1, 0.15) is 11.4 Å². The first-order valence-corrected chi connectivity index (χ1v) is 7.54. The second-order valence-electron chi connectivity index (χ2n) is 5.49. The van der Waals surface area contributed by atoms with Gasteiger partial charge in [-0.2, -0.15) is 5.26 Å². The fourth-order valence-electron chi connectivity index (χ4n) is 2.81. The molecule has 4 nitrogen and oxygen atoms in total. The number of aromatic nitrogens is 2. The number of hydrogen-bond donors (Lipinski definition) is 2. The van der Waals surface area contributed by atoms with Crippen LogP contribution in [0.25, 0.3) is 33.5 Å². The molecule has 0 fully saturated rings. The third-order valence-corrected chi connectivity index (χ3v) is 4.00. The summed E-state index contributed by atoms with van der Waals surface area (Å²) in [6.07, 6.45) is 1.68. The minimum absolute atomic E-state index is 0.137. The molecule has 0 unspecified atom stereocenters. The summed E-state index contributed by atoms with van der Waals surface area (Å²) in [5.74, 6) is 0.628. The molecule has 0 aliphatic heterocycles. The van der Waals surface area contributed by atoms with Gasteiger partial charge in [0.1, 0.15) is 17.6 Å². The Hall–Kier alpha value is -3.58. The molecule has 0 amide bonds. The number of nitrogens with one attached hydrogen (secondary N) is 1. The molecule has 1 aromatic heterocycles. The maximum absolute atomic E-state index is 10.3. The van der Waals surface area contributed by atoms with Gasteiger partial charge in [-0.1, -0.05) is 42.5 Å². The number of H-pyrrole nitrogens is 1. The van der Waals surface area contributed by atoms with E-state index in [2.05, 4.69) is 16.0 Å². The number of imidazole rings is 1. The summed E-state index contributed by atoms with van der Waals surface area (Å²) < 4.78 is 0. The van der Waals surface area contributed by atoms with E-state index >= 15 is 0 Å². The molecule has 4 heteroatoms. The van der Waals surface area contributed by atoms with Crippen molar-refractivity contribution in [3.63, 3.8) is 0 Å². The highest BCUT2D eigenvalue weighted by atomic mass is 16.3. The molecule has 0 aliphatic carbocycles. The van der Waals surface area contributed by atoms with Gasteiger partial charge in [0.05, 0.1) is 16.6 Å². The molecule has 1 heterocycles. The Kier molecular flexibility index (Phi) is 3.25. The van der Waals surface area contributed by atoms with Crippen LogP contribution in [0.3, 0.4) is 0 Å². The highest BCUT2D eigenvalue weighted by Crippen LogP contribution is 2.30. The Balaban J connectivity index is 1.93. The largest absolute Gasteiger partial charge is 0.507 e. The number of fused-ring (bicyclic) bond motifs is 2. The summed E-state index contributed by atoms with van der Waals surface area (Å²) in [4.78, 5) is 7.61. The van der Waals surface area contributed by atoms with E-state index < -0.39 is 0 Å². The van der Waals surface area contributed by atoms with E-state index in [4.69, 9.17) is 0 Å². The molecule has 24 heavy (non-hydrogen) atoms. The van der Waals surface area contributed by atoms with E-state index in [0.29, 0.717) is 17.0 Å². The number of hydrogen-bond acceptors (Lipinski definition) is 3. The van der Waals surface area contributed by atoms with Gasteiger partial charge in [0, 0.05) is 5.56 Å². The van der Waals surface area contributed by atoms with Gasteiger partial charge in [-0.3, -0.25) is 0 Å². The number of phenols is 1. The van der Waals surface area contributed by atoms with E-state index in [0.717, 1.165) is 21.8 Å². The van der Waals surface area contributed by atoms with Crippen LogP contribution >= 0.6 is 0 Å². The van der Waals surface area contributed by atoms with Crippen molar-refractivity contribution in [1.82, 2.24) is 9.97 Å². The first-order valence-electron chi connectivity index (χ1n) is 7.54. The standard InChI is InChI=1S/C20H13N3O/c21-12-14(20-22-17-7-3-4-8-18(17)23-20)11-16-15-6-2-1-5-13(15)9-10-19(16)24/h1-11,24H,(H,22,23)/b14-11+. The van der Waals surface area contributed by atoms with Crippen LogP contribution in [-0.4, -0.2) is 15.1 Å². The molecular weight excluding hydrogens is 298 g/mol. The molecule has 0 spiro atoms. The normalized spacial score (nSPS) is 11.7. The first kappa shape index (κ1) is 14.0. The van der Waals surface area contributed by atoms with Crippen LogP contribution in [-0.2, 0) is 0 Å². The average molecular weight is 311 g/mol. The van der Waals surface area contributed by atoms with Crippen LogP contribution in [0.15, 0.2) is 60.7 Å². The lowest BCUT2D eigenvalue weighted by atomic mass is 10.0. The Morgan fingerprint density at radius 1 is 1.04 bits per heavy atom. The lowest BCUT2D eigenvalue weighted by Gasteiger charge is -2.05. The van der Waals surface area contributed by atoms with Crippen LogP contribution < -0.4 is 0 Å². The summed E-state index contributed by atoms with van der Waals surface area (Å²) in [6, 6.07) is 21.0. The maximum Gasteiger partial charge on any atom is 0.149 e. The first-order chi connectivity index (χ1) is 11.8. The molecule has 0 atom stereocenters. The van der Waals surface area contributed by atoms with Gasteiger partial charge in [0.25, 0.3) is 0 Å². The number of rotatable bonds is 2. The third kappa shape index (κ3) is 2.29. The maximum atomic E-state index is 10.3. The highest BCUT2D eigenvalue weighted by molar-refractivity contribution is 6.00.